The fourth-order valence-electron chi connectivity index (χ4n) is 2.63. The molecule has 0 aliphatic rings. The molecule has 2 aromatic carbocycles. The second kappa shape index (κ2) is 8.63. The Bertz CT molecular complexity index is 1250. The summed E-state index contributed by atoms with van der Waals surface area (Å²) in [5.74, 6) is -0.273. The maximum absolute atomic E-state index is 12.2. The Morgan fingerprint density at radius 2 is 1.94 bits per heavy atom. The van der Waals surface area contributed by atoms with Crippen molar-refractivity contribution >= 4 is 49.9 Å². The third kappa shape index (κ3) is 4.85. The molecule has 0 atom stereocenters. The lowest BCUT2D eigenvalue weighted by Crippen LogP contribution is -2.20. The van der Waals surface area contributed by atoms with Crippen LogP contribution in [-0.4, -0.2) is 28.3 Å². The molecular formula is C20H14N4O6S. The molecule has 0 saturated heterocycles. The molecule has 4 aromatic rings. The second-order valence-electron chi connectivity index (χ2n) is 6.22. The molecule has 2 aromatic heterocycles. The molecule has 0 radical (unpaired) electrons. The average Bonchev–Trinajstić information content (AvgIpc) is 3.42. The standard InChI is InChI=1S/C20H14N4O6S/c25-18(11-30-14-6-4-13(5-7-14)24(27)28)21-12-3-8-15-17(10-12)31-20(22-15)23-19(26)16-2-1-9-29-16/h1-10H,11H2,(H,21,25)(H,22,23,26). The molecule has 2 heterocycles. The molecule has 0 aliphatic heterocycles. The van der Waals surface area contributed by atoms with E-state index < -0.39 is 16.7 Å². The van der Waals surface area contributed by atoms with Gasteiger partial charge in [0.2, 0.25) is 0 Å². The number of nitrogens with zero attached hydrogens (tertiary/aromatic N) is 2. The fourth-order valence-corrected chi connectivity index (χ4v) is 3.53. The first kappa shape index (κ1) is 20.0. The molecule has 10 nitrogen and oxygen atoms in total. The van der Waals surface area contributed by atoms with Crippen LogP contribution in [0, 0.1) is 10.1 Å². The zero-order chi connectivity index (χ0) is 21.8. The minimum Gasteiger partial charge on any atom is -0.484 e. The van der Waals surface area contributed by atoms with Crippen LogP contribution in [0.2, 0.25) is 0 Å². The molecule has 156 valence electrons. The smallest absolute Gasteiger partial charge is 0.293 e. The number of thiazole rings is 1. The Hall–Kier alpha value is -4.25. The van der Waals surface area contributed by atoms with E-state index in [0.29, 0.717) is 22.1 Å². The SMILES string of the molecule is O=C(COc1ccc([N+](=O)[O-])cc1)Nc1ccc2nc(NC(=O)c3ccco3)sc2c1. The van der Waals surface area contributed by atoms with Gasteiger partial charge in [-0.1, -0.05) is 11.3 Å². The molecule has 0 unspecified atom stereocenters. The normalized spacial score (nSPS) is 10.6. The molecule has 0 fully saturated rings. The topological polar surface area (TPSA) is 137 Å². The number of carbonyl (C=O) groups is 2. The highest BCUT2D eigenvalue weighted by molar-refractivity contribution is 7.22. The molecule has 2 N–H and O–H groups in total. The number of aromatic nitrogens is 1. The Morgan fingerprint density at radius 1 is 1.13 bits per heavy atom. The number of hydrogen-bond donors (Lipinski definition) is 2. The van der Waals surface area contributed by atoms with E-state index in [1.807, 2.05) is 0 Å². The summed E-state index contributed by atoms with van der Waals surface area (Å²) in [7, 11) is 0. The summed E-state index contributed by atoms with van der Waals surface area (Å²) in [5, 5.41) is 16.4. The van der Waals surface area contributed by atoms with Gasteiger partial charge in [0.25, 0.3) is 17.5 Å². The van der Waals surface area contributed by atoms with E-state index >= 15 is 0 Å². The Labute approximate surface area is 178 Å². The van der Waals surface area contributed by atoms with Crippen LogP contribution < -0.4 is 15.4 Å². The van der Waals surface area contributed by atoms with Crippen LogP contribution in [0.1, 0.15) is 10.6 Å². The zero-order valence-electron chi connectivity index (χ0n) is 15.7. The van der Waals surface area contributed by atoms with Crippen LogP contribution in [-0.2, 0) is 4.79 Å². The summed E-state index contributed by atoms with van der Waals surface area (Å²) in [6, 6.07) is 13.8. The van der Waals surface area contributed by atoms with E-state index in [1.165, 1.54) is 41.9 Å². The maximum atomic E-state index is 12.2. The highest BCUT2D eigenvalue weighted by Crippen LogP contribution is 2.29. The molecule has 2 amide bonds. The van der Waals surface area contributed by atoms with Crippen molar-refractivity contribution < 1.29 is 23.7 Å². The van der Waals surface area contributed by atoms with E-state index in [2.05, 4.69) is 15.6 Å². The number of rotatable bonds is 7. The summed E-state index contributed by atoms with van der Waals surface area (Å²) in [6.45, 7) is -0.261. The number of ether oxygens (including phenoxy) is 1. The summed E-state index contributed by atoms with van der Waals surface area (Å²) < 4.78 is 11.2. The predicted octanol–water partition coefficient (Wildman–Crippen LogP) is 4.07. The van der Waals surface area contributed by atoms with Crippen LogP contribution in [0.4, 0.5) is 16.5 Å². The average molecular weight is 438 g/mol. The van der Waals surface area contributed by atoms with Gasteiger partial charge in [-0.2, -0.15) is 0 Å². The molecule has 0 saturated carbocycles. The minimum absolute atomic E-state index is 0.0608. The van der Waals surface area contributed by atoms with E-state index in [-0.39, 0.29) is 18.1 Å². The van der Waals surface area contributed by atoms with Crippen molar-refractivity contribution in [3.8, 4) is 5.75 Å². The van der Waals surface area contributed by atoms with Crippen molar-refractivity contribution in [2.45, 2.75) is 0 Å². The van der Waals surface area contributed by atoms with E-state index in [0.717, 1.165) is 4.70 Å². The van der Waals surface area contributed by atoms with Crippen LogP contribution in [0.25, 0.3) is 10.2 Å². The van der Waals surface area contributed by atoms with Gasteiger partial charge in [-0.05, 0) is 42.5 Å². The highest BCUT2D eigenvalue weighted by Gasteiger charge is 2.13. The Kier molecular flexibility index (Phi) is 5.58. The molecule has 11 heteroatoms. The quantitative estimate of drug-likeness (QED) is 0.328. The van der Waals surface area contributed by atoms with Crippen molar-refractivity contribution in [2.75, 3.05) is 17.2 Å². The number of fused-ring (bicyclic) bond motifs is 1. The number of non-ortho nitro benzene ring substituents is 1. The number of furan rings is 1. The van der Waals surface area contributed by atoms with Gasteiger partial charge in [0.05, 0.1) is 21.4 Å². The third-order valence-electron chi connectivity index (χ3n) is 4.06. The fraction of sp³-hybridized carbons (Fsp3) is 0.0500. The summed E-state index contributed by atoms with van der Waals surface area (Å²) in [6.07, 6.45) is 1.41. The lowest BCUT2D eigenvalue weighted by Gasteiger charge is -2.07. The number of hydrogen-bond acceptors (Lipinski definition) is 8. The highest BCUT2D eigenvalue weighted by atomic mass is 32.1. The molecule has 0 bridgehead atoms. The van der Waals surface area contributed by atoms with Crippen molar-refractivity contribution in [3.05, 3.63) is 76.7 Å². The van der Waals surface area contributed by atoms with Gasteiger partial charge in [0.15, 0.2) is 17.5 Å². The van der Waals surface area contributed by atoms with Gasteiger partial charge in [0.1, 0.15) is 5.75 Å². The van der Waals surface area contributed by atoms with E-state index in [1.54, 1.807) is 30.3 Å². The first-order valence-electron chi connectivity index (χ1n) is 8.90. The molecule has 0 spiro atoms. The van der Waals surface area contributed by atoms with Crippen molar-refractivity contribution in [3.63, 3.8) is 0 Å². The zero-order valence-corrected chi connectivity index (χ0v) is 16.5. The van der Waals surface area contributed by atoms with Crippen LogP contribution in [0.5, 0.6) is 5.75 Å². The van der Waals surface area contributed by atoms with Crippen LogP contribution in [0.3, 0.4) is 0 Å². The lowest BCUT2D eigenvalue weighted by molar-refractivity contribution is -0.384. The van der Waals surface area contributed by atoms with Gasteiger partial charge < -0.3 is 14.5 Å². The van der Waals surface area contributed by atoms with Gasteiger partial charge >= 0.3 is 0 Å². The number of nitro benzene ring substituents is 1. The summed E-state index contributed by atoms with van der Waals surface area (Å²) in [5.41, 5.74) is 1.15. The maximum Gasteiger partial charge on any atom is 0.293 e. The van der Waals surface area contributed by atoms with E-state index in [9.17, 15) is 19.7 Å². The van der Waals surface area contributed by atoms with Crippen molar-refractivity contribution in [2.24, 2.45) is 0 Å². The summed E-state index contributed by atoms with van der Waals surface area (Å²) >= 11 is 1.26. The molecule has 31 heavy (non-hydrogen) atoms. The Balaban J connectivity index is 1.36. The molecule has 0 aliphatic carbocycles. The number of amides is 2. The minimum atomic E-state index is -0.514. The molecule has 4 rings (SSSR count). The number of nitro groups is 1. The third-order valence-corrected chi connectivity index (χ3v) is 4.99. The number of carbonyl (C=O) groups excluding carboxylic acids is 2. The predicted molar refractivity (Wildman–Crippen MR) is 114 cm³/mol. The monoisotopic (exact) mass is 438 g/mol. The van der Waals surface area contributed by atoms with Gasteiger partial charge in [0, 0.05) is 17.8 Å². The number of benzene rings is 2. The number of nitrogens with one attached hydrogen (secondary N) is 2. The number of anilines is 2. The van der Waals surface area contributed by atoms with Gasteiger partial charge in [-0.15, -0.1) is 0 Å². The molecular weight excluding hydrogens is 424 g/mol. The first-order valence-corrected chi connectivity index (χ1v) is 9.72. The largest absolute Gasteiger partial charge is 0.484 e. The first-order chi connectivity index (χ1) is 15.0. The van der Waals surface area contributed by atoms with Crippen LogP contribution in [0.15, 0.2) is 65.3 Å². The van der Waals surface area contributed by atoms with Crippen molar-refractivity contribution in [1.82, 2.24) is 4.98 Å². The van der Waals surface area contributed by atoms with Gasteiger partial charge in [-0.3, -0.25) is 25.0 Å². The summed E-state index contributed by atoms with van der Waals surface area (Å²) in [4.78, 5) is 38.7. The lowest BCUT2D eigenvalue weighted by atomic mass is 10.3. The Morgan fingerprint density at radius 3 is 2.65 bits per heavy atom. The van der Waals surface area contributed by atoms with Crippen LogP contribution >= 0.6 is 11.3 Å². The van der Waals surface area contributed by atoms with Gasteiger partial charge in [-0.25, -0.2) is 4.98 Å². The van der Waals surface area contributed by atoms with E-state index in [4.69, 9.17) is 9.15 Å². The second-order valence-corrected chi connectivity index (χ2v) is 7.25. The van der Waals surface area contributed by atoms with Crippen molar-refractivity contribution in [1.29, 1.82) is 0 Å².